The van der Waals surface area contributed by atoms with Crippen LogP contribution >= 0.6 is 0 Å². The molecule has 0 saturated carbocycles. The molecule has 0 aliphatic carbocycles. The number of para-hydroxylation sites is 1. The number of halogens is 1. The number of carbonyl (C=O) groups excluding carboxylic acids is 1. The van der Waals surface area contributed by atoms with E-state index >= 15 is 0 Å². The Balaban J connectivity index is 1.68. The van der Waals surface area contributed by atoms with E-state index in [2.05, 4.69) is 5.32 Å². The molecule has 0 atom stereocenters. The number of hydrogen-bond acceptors (Lipinski definition) is 2. The summed E-state index contributed by atoms with van der Waals surface area (Å²) >= 11 is 0. The monoisotopic (exact) mass is 283 g/mol. The van der Waals surface area contributed by atoms with Crippen molar-refractivity contribution in [3.05, 3.63) is 65.5 Å². The highest BCUT2D eigenvalue weighted by molar-refractivity contribution is 6.02. The van der Waals surface area contributed by atoms with Crippen LogP contribution in [0.25, 0.3) is 6.08 Å². The summed E-state index contributed by atoms with van der Waals surface area (Å²) in [4.78, 5) is 11.8. The molecule has 0 bridgehead atoms. The topological polar surface area (TPSA) is 38.3 Å². The second kappa shape index (κ2) is 5.79. The fourth-order valence-electron chi connectivity index (χ4n) is 2.22. The van der Waals surface area contributed by atoms with E-state index in [0.717, 1.165) is 23.3 Å². The van der Waals surface area contributed by atoms with Crippen molar-refractivity contribution in [3.8, 4) is 5.75 Å². The van der Waals surface area contributed by atoms with Crippen LogP contribution < -0.4 is 10.1 Å². The Morgan fingerprint density at radius 1 is 1.24 bits per heavy atom. The Morgan fingerprint density at radius 2 is 2.10 bits per heavy atom. The quantitative estimate of drug-likeness (QED) is 0.877. The zero-order valence-corrected chi connectivity index (χ0v) is 11.3. The maximum absolute atomic E-state index is 13.4. The minimum atomic E-state index is -0.450. The number of carbonyl (C=O) groups is 1. The van der Waals surface area contributed by atoms with Gasteiger partial charge in [0.05, 0.1) is 12.3 Å². The second-order valence-corrected chi connectivity index (χ2v) is 4.77. The van der Waals surface area contributed by atoms with Crippen molar-refractivity contribution in [1.29, 1.82) is 0 Å². The van der Waals surface area contributed by atoms with Crippen LogP contribution in [0.1, 0.15) is 11.1 Å². The summed E-state index contributed by atoms with van der Waals surface area (Å²) in [7, 11) is 0. The van der Waals surface area contributed by atoms with Crippen LogP contribution in [0.5, 0.6) is 5.75 Å². The number of rotatable bonds is 3. The first-order valence-corrected chi connectivity index (χ1v) is 6.72. The van der Waals surface area contributed by atoms with E-state index in [0.29, 0.717) is 6.61 Å². The number of nitrogens with one attached hydrogen (secondary N) is 1. The molecule has 3 nitrogen and oxygen atoms in total. The number of amides is 1. The van der Waals surface area contributed by atoms with Crippen molar-refractivity contribution in [2.45, 2.75) is 6.42 Å². The molecule has 21 heavy (non-hydrogen) atoms. The van der Waals surface area contributed by atoms with Crippen LogP contribution in [0.4, 0.5) is 10.1 Å². The summed E-state index contributed by atoms with van der Waals surface area (Å²) in [6.45, 7) is 0.705. The lowest BCUT2D eigenvalue weighted by atomic mass is 10.1. The standard InChI is InChI=1S/C17H14FNO2/c18-14-3-1-2-4-15(14)19-17(20)8-6-12-5-7-16-13(11-12)9-10-21-16/h1-8,11H,9-10H2,(H,19,20)/b8-6+. The normalized spacial score (nSPS) is 13.0. The molecule has 0 fully saturated rings. The highest BCUT2D eigenvalue weighted by Gasteiger charge is 2.11. The van der Waals surface area contributed by atoms with Crippen LogP contribution in [-0.2, 0) is 11.2 Å². The molecule has 0 saturated heterocycles. The van der Waals surface area contributed by atoms with Gasteiger partial charge in [-0.1, -0.05) is 18.2 Å². The first kappa shape index (κ1) is 13.4. The zero-order chi connectivity index (χ0) is 14.7. The molecule has 1 amide bonds. The minimum absolute atomic E-state index is 0.175. The van der Waals surface area contributed by atoms with Crippen LogP contribution in [0, 0.1) is 5.82 Å². The van der Waals surface area contributed by atoms with Gasteiger partial charge >= 0.3 is 0 Å². The van der Waals surface area contributed by atoms with E-state index in [1.165, 1.54) is 18.2 Å². The molecule has 1 heterocycles. The smallest absolute Gasteiger partial charge is 0.248 e. The summed E-state index contributed by atoms with van der Waals surface area (Å²) in [6.07, 6.45) is 3.98. The first-order valence-electron chi connectivity index (χ1n) is 6.72. The van der Waals surface area contributed by atoms with E-state index in [-0.39, 0.29) is 11.6 Å². The molecule has 0 radical (unpaired) electrons. The Kier molecular flexibility index (Phi) is 3.69. The van der Waals surface area contributed by atoms with Crippen molar-refractivity contribution in [1.82, 2.24) is 0 Å². The predicted octanol–water partition coefficient (Wildman–Crippen LogP) is 3.41. The van der Waals surface area contributed by atoms with E-state index in [9.17, 15) is 9.18 Å². The Hall–Kier alpha value is -2.62. The summed E-state index contributed by atoms with van der Waals surface area (Å²) in [5, 5.41) is 2.51. The summed E-state index contributed by atoms with van der Waals surface area (Å²) < 4.78 is 18.8. The van der Waals surface area contributed by atoms with Crippen molar-refractivity contribution < 1.29 is 13.9 Å². The largest absolute Gasteiger partial charge is 0.493 e. The molecule has 1 aliphatic rings. The van der Waals surface area contributed by atoms with E-state index in [1.54, 1.807) is 18.2 Å². The third kappa shape index (κ3) is 3.11. The van der Waals surface area contributed by atoms with Crippen LogP contribution in [0.15, 0.2) is 48.5 Å². The molecule has 1 aliphatic heterocycles. The fraction of sp³-hybridized carbons (Fsp3) is 0.118. The van der Waals surface area contributed by atoms with Gasteiger partial charge in [-0.25, -0.2) is 4.39 Å². The number of anilines is 1. The fourth-order valence-corrected chi connectivity index (χ4v) is 2.22. The maximum atomic E-state index is 13.4. The zero-order valence-electron chi connectivity index (χ0n) is 11.3. The van der Waals surface area contributed by atoms with Crippen LogP contribution in [0.3, 0.4) is 0 Å². The van der Waals surface area contributed by atoms with Crippen molar-refractivity contribution in [2.75, 3.05) is 11.9 Å². The van der Waals surface area contributed by atoms with E-state index < -0.39 is 5.82 Å². The van der Waals surface area contributed by atoms with Crippen molar-refractivity contribution >= 4 is 17.7 Å². The van der Waals surface area contributed by atoms with Crippen molar-refractivity contribution in [2.24, 2.45) is 0 Å². The Morgan fingerprint density at radius 3 is 2.95 bits per heavy atom. The van der Waals surface area contributed by atoms with Gasteiger partial charge in [0.2, 0.25) is 5.91 Å². The molecular weight excluding hydrogens is 269 g/mol. The molecule has 0 spiro atoms. The van der Waals surface area contributed by atoms with Crippen LogP contribution in [-0.4, -0.2) is 12.5 Å². The molecule has 3 rings (SSSR count). The SMILES string of the molecule is O=C(/C=C/c1ccc2c(c1)CCO2)Nc1ccccc1F. The predicted molar refractivity (Wildman–Crippen MR) is 79.7 cm³/mol. The second-order valence-electron chi connectivity index (χ2n) is 4.77. The highest BCUT2D eigenvalue weighted by Crippen LogP contribution is 2.26. The van der Waals surface area contributed by atoms with Gasteiger partial charge in [0, 0.05) is 12.5 Å². The average molecular weight is 283 g/mol. The number of fused-ring (bicyclic) bond motifs is 1. The highest BCUT2D eigenvalue weighted by atomic mass is 19.1. The number of hydrogen-bond donors (Lipinski definition) is 1. The van der Waals surface area contributed by atoms with E-state index in [1.807, 2.05) is 18.2 Å². The molecule has 1 N–H and O–H groups in total. The Bertz CT molecular complexity index is 710. The van der Waals surface area contributed by atoms with Gasteiger partial charge in [-0.05, 0) is 41.5 Å². The lowest BCUT2D eigenvalue weighted by Crippen LogP contribution is -2.08. The van der Waals surface area contributed by atoms with Crippen LogP contribution in [0.2, 0.25) is 0 Å². The molecule has 2 aromatic rings. The third-order valence-electron chi connectivity index (χ3n) is 3.27. The summed E-state index contributed by atoms with van der Waals surface area (Å²) in [5.74, 6) is 0.0914. The lowest BCUT2D eigenvalue weighted by Gasteiger charge is -2.03. The number of ether oxygens (including phenoxy) is 1. The molecule has 106 valence electrons. The third-order valence-corrected chi connectivity index (χ3v) is 3.27. The van der Waals surface area contributed by atoms with Gasteiger partial charge in [-0.2, -0.15) is 0 Å². The maximum Gasteiger partial charge on any atom is 0.248 e. The molecular formula is C17H14FNO2. The van der Waals surface area contributed by atoms with Gasteiger partial charge in [0.15, 0.2) is 0 Å². The van der Waals surface area contributed by atoms with Crippen molar-refractivity contribution in [3.63, 3.8) is 0 Å². The first-order chi connectivity index (χ1) is 10.2. The minimum Gasteiger partial charge on any atom is -0.493 e. The molecule has 4 heteroatoms. The summed E-state index contributed by atoms with van der Waals surface area (Å²) in [6, 6.07) is 11.9. The average Bonchev–Trinajstić information content (AvgIpc) is 2.95. The van der Waals surface area contributed by atoms with Gasteiger partial charge < -0.3 is 10.1 Å². The number of benzene rings is 2. The molecule has 0 unspecified atom stereocenters. The van der Waals surface area contributed by atoms with E-state index in [4.69, 9.17) is 4.74 Å². The van der Waals surface area contributed by atoms with Gasteiger partial charge in [-0.15, -0.1) is 0 Å². The summed E-state index contributed by atoms with van der Waals surface area (Å²) in [5.41, 5.74) is 2.24. The van der Waals surface area contributed by atoms with Gasteiger partial charge in [0.1, 0.15) is 11.6 Å². The Labute approximate surface area is 122 Å². The molecule has 0 aromatic heterocycles. The lowest BCUT2D eigenvalue weighted by molar-refractivity contribution is -0.111. The van der Waals surface area contributed by atoms with Gasteiger partial charge in [-0.3, -0.25) is 4.79 Å². The van der Waals surface area contributed by atoms with Gasteiger partial charge in [0.25, 0.3) is 0 Å². The molecule has 2 aromatic carbocycles.